The maximum Gasteiger partial charge on any atom is 0.390 e. The Morgan fingerprint density at radius 3 is 2.92 bits per heavy atom. The fourth-order valence-corrected chi connectivity index (χ4v) is 2.46. The van der Waals surface area contributed by atoms with Crippen LogP contribution in [0.2, 0.25) is 0 Å². The highest BCUT2D eigenvalue weighted by molar-refractivity contribution is 6.06. The van der Waals surface area contributed by atoms with E-state index in [9.17, 15) is 14.9 Å². The number of fused-ring (bicyclic) bond motifs is 1. The maximum absolute atomic E-state index is 12.3. The minimum Gasteiger partial charge on any atom is -0.360 e. The van der Waals surface area contributed by atoms with Gasteiger partial charge in [0.25, 0.3) is 5.91 Å². The molecule has 9 heteroatoms. The SMILES string of the molecule is C/C(Cn1nc([N+](=O)[O-])cc1C)=N/NC(=O)c1c[nH]c2ccccc12. The lowest BCUT2D eigenvalue weighted by atomic mass is 10.2. The first kappa shape index (κ1) is 16.4. The van der Waals surface area contributed by atoms with Crippen molar-refractivity contribution in [3.8, 4) is 0 Å². The molecule has 0 unspecified atom stereocenters. The first-order valence-corrected chi connectivity index (χ1v) is 7.54. The number of H-pyrrole nitrogens is 1. The van der Waals surface area contributed by atoms with Crippen LogP contribution in [0.1, 0.15) is 23.0 Å². The van der Waals surface area contributed by atoms with Gasteiger partial charge in [0.15, 0.2) is 0 Å². The Balaban J connectivity index is 1.71. The Morgan fingerprint density at radius 1 is 1.44 bits per heavy atom. The van der Waals surface area contributed by atoms with Gasteiger partial charge in [-0.15, -0.1) is 0 Å². The molecule has 1 amide bonds. The number of hydrogen-bond acceptors (Lipinski definition) is 5. The monoisotopic (exact) mass is 340 g/mol. The predicted octanol–water partition coefficient (Wildman–Crippen LogP) is 2.39. The molecule has 0 aliphatic heterocycles. The number of carbonyl (C=O) groups is 1. The van der Waals surface area contributed by atoms with Gasteiger partial charge in [-0.05, 0) is 24.8 Å². The maximum atomic E-state index is 12.3. The number of aryl methyl sites for hydroxylation is 1. The Morgan fingerprint density at radius 2 is 2.20 bits per heavy atom. The number of nitro groups is 1. The Labute approximate surface area is 142 Å². The molecule has 0 saturated carbocycles. The van der Waals surface area contributed by atoms with E-state index in [2.05, 4.69) is 20.6 Å². The normalized spacial score (nSPS) is 11.7. The lowest BCUT2D eigenvalue weighted by molar-refractivity contribution is -0.389. The van der Waals surface area contributed by atoms with Crippen molar-refractivity contribution >= 4 is 28.3 Å². The van der Waals surface area contributed by atoms with Crippen LogP contribution in [0.3, 0.4) is 0 Å². The summed E-state index contributed by atoms with van der Waals surface area (Å²) < 4.78 is 1.47. The summed E-state index contributed by atoms with van der Waals surface area (Å²) in [4.78, 5) is 25.5. The number of benzene rings is 1. The van der Waals surface area contributed by atoms with E-state index in [-0.39, 0.29) is 18.3 Å². The highest BCUT2D eigenvalue weighted by atomic mass is 16.6. The van der Waals surface area contributed by atoms with Crippen LogP contribution < -0.4 is 5.43 Å². The zero-order valence-electron chi connectivity index (χ0n) is 13.7. The molecule has 0 bridgehead atoms. The summed E-state index contributed by atoms with van der Waals surface area (Å²) in [7, 11) is 0. The van der Waals surface area contributed by atoms with Crippen molar-refractivity contribution in [1.82, 2.24) is 20.2 Å². The van der Waals surface area contributed by atoms with Gasteiger partial charge in [-0.2, -0.15) is 9.78 Å². The minimum absolute atomic E-state index is 0.215. The summed E-state index contributed by atoms with van der Waals surface area (Å²) in [5.41, 5.74) is 5.07. The largest absolute Gasteiger partial charge is 0.390 e. The fraction of sp³-hybridized carbons (Fsp3) is 0.188. The van der Waals surface area contributed by atoms with E-state index in [1.165, 1.54) is 10.7 Å². The van der Waals surface area contributed by atoms with Crippen LogP contribution in [0.4, 0.5) is 5.82 Å². The molecule has 0 radical (unpaired) electrons. The van der Waals surface area contributed by atoms with Gasteiger partial charge in [0.1, 0.15) is 6.54 Å². The molecule has 2 N–H and O–H groups in total. The van der Waals surface area contributed by atoms with E-state index in [1.807, 2.05) is 24.3 Å². The van der Waals surface area contributed by atoms with Crippen LogP contribution >= 0.6 is 0 Å². The molecule has 0 fully saturated rings. The van der Waals surface area contributed by atoms with Gasteiger partial charge < -0.3 is 15.1 Å². The Kier molecular flexibility index (Phi) is 4.29. The van der Waals surface area contributed by atoms with Crippen molar-refractivity contribution in [3.63, 3.8) is 0 Å². The molecule has 2 aromatic heterocycles. The smallest absolute Gasteiger partial charge is 0.360 e. The van der Waals surface area contributed by atoms with E-state index in [4.69, 9.17) is 0 Å². The molecule has 2 heterocycles. The predicted molar refractivity (Wildman–Crippen MR) is 92.5 cm³/mol. The molecule has 128 valence electrons. The van der Waals surface area contributed by atoms with Gasteiger partial charge in [-0.25, -0.2) is 5.43 Å². The van der Waals surface area contributed by atoms with Gasteiger partial charge in [-0.1, -0.05) is 18.2 Å². The summed E-state index contributed by atoms with van der Waals surface area (Å²) in [5, 5.41) is 19.5. The van der Waals surface area contributed by atoms with E-state index in [1.54, 1.807) is 20.0 Å². The first-order valence-electron chi connectivity index (χ1n) is 7.54. The number of para-hydroxylation sites is 1. The summed E-state index contributed by atoms with van der Waals surface area (Å²) >= 11 is 0. The minimum atomic E-state index is -0.547. The molecule has 3 rings (SSSR count). The van der Waals surface area contributed by atoms with Crippen LogP contribution in [0.25, 0.3) is 10.9 Å². The molecule has 0 spiro atoms. The van der Waals surface area contributed by atoms with Crippen molar-refractivity contribution in [1.29, 1.82) is 0 Å². The number of aromatic amines is 1. The molecule has 3 aromatic rings. The van der Waals surface area contributed by atoms with Crippen molar-refractivity contribution < 1.29 is 9.72 Å². The average molecular weight is 340 g/mol. The van der Waals surface area contributed by atoms with Crippen LogP contribution in [-0.4, -0.2) is 31.3 Å². The van der Waals surface area contributed by atoms with Crippen molar-refractivity contribution in [2.75, 3.05) is 0 Å². The third-order valence-electron chi connectivity index (χ3n) is 3.72. The number of hydrazone groups is 1. The summed E-state index contributed by atoms with van der Waals surface area (Å²) in [6, 6.07) is 8.86. The van der Waals surface area contributed by atoms with E-state index in [0.29, 0.717) is 17.0 Å². The van der Waals surface area contributed by atoms with Crippen LogP contribution in [-0.2, 0) is 6.54 Å². The number of carbonyl (C=O) groups excluding carboxylic acids is 1. The molecular weight excluding hydrogens is 324 g/mol. The van der Waals surface area contributed by atoms with Crippen LogP contribution in [0, 0.1) is 17.0 Å². The second kappa shape index (κ2) is 6.56. The molecule has 0 atom stereocenters. The van der Waals surface area contributed by atoms with Gasteiger partial charge in [0.05, 0.1) is 28.1 Å². The van der Waals surface area contributed by atoms with Gasteiger partial charge in [-0.3, -0.25) is 4.79 Å². The molecule has 9 nitrogen and oxygen atoms in total. The second-order valence-corrected chi connectivity index (χ2v) is 5.59. The van der Waals surface area contributed by atoms with Crippen molar-refractivity contribution in [2.45, 2.75) is 20.4 Å². The van der Waals surface area contributed by atoms with E-state index >= 15 is 0 Å². The van der Waals surface area contributed by atoms with Gasteiger partial charge in [0, 0.05) is 17.1 Å². The summed E-state index contributed by atoms with van der Waals surface area (Å²) in [5.74, 6) is -0.548. The van der Waals surface area contributed by atoms with Crippen molar-refractivity contribution in [3.05, 3.63) is 57.9 Å². The van der Waals surface area contributed by atoms with Crippen LogP contribution in [0.15, 0.2) is 41.6 Å². The Hall–Kier alpha value is -3.49. The van der Waals surface area contributed by atoms with E-state index < -0.39 is 4.92 Å². The quantitative estimate of drug-likeness (QED) is 0.421. The number of nitrogens with zero attached hydrogens (tertiary/aromatic N) is 4. The lowest BCUT2D eigenvalue weighted by Gasteiger charge is -2.02. The number of amides is 1. The molecule has 25 heavy (non-hydrogen) atoms. The third-order valence-corrected chi connectivity index (χ3v) is 3.72. The fourth-order valence-electron chi connectivity index (χ4n) is 2.46. The van der Waals surface area contributed by atoms with Gasteiger partial charge in [0.2, 0.25) is 0 Å². The lowest BCUT2D eigenvalue weighted by Crippen LogP contribution is -2.20. The van der Waals surface area contributed by atoms with Gasteiger partial charge >= 0.3 is 5.82 Å². The zero-order chi connectivity index (χ0) is 18.0. The Bertz CT molecular complexity index is 985. The molecule has 0 aliphatic rings. The number of nitrogens with one attached hydrogen (secondary N) is 2. The highest BCUT2D eigenvalue weighted by Gasteiger charge is 2.16. The molecular formula is C16H16N6O3. The topological polar surface area (TPSA) is 118 Å². The van der Waals surface area contributed by atoms with Crippen molar-refractivity contribution in [2.24, 2.45) is 5.10 Å². The number of rotatable bonds is 5. The molecule has 0 saturated heterocycles. The zero-order valence-corrected chi connectivity index (χ0v) is 13.7. The second-order valence-electron chi connectivity index (χ2n) is 5.59. The molecule has 1 aromatic carbocycles. The number of hydrogen-bond donors (Lipinski definition) is 2. The van der Waals surface area contributed by atoms with E-state index in [0.717, 1.165) is 10.9 Å². The first-order chi connectivity index (χ1) is 12.0. The average Bonchev–Trinajstić information content (AvgIpc) is 3.17. The molecule has 0 aliphatic carbocycles. The summed E-state index contributed by atoms with van der Waals surface area (Å²) in [6.07, 6.45) is 1.63. The standard InChI is InChI=1S/C16H16N6O3/c1-10(9-21-11(2)7-15(20-21)22(24)25)18-19-16(23)13-8-17-14-6-4-3-5-12(13)14/h3-8,17H,9H2,1-2H3,(H,19,23)/b18-10-. The number of aromatic nitrogens is 3. The van der Waals surface area contributed by atoms with Crippen LogP contribution in [0.5, 0.6) is 0 Å². The third kappa shape index (κ3) is 3.39. The highest BCUT2D eigenvalue weighted by Crippen LogP contribution is 2.17. The summed E-state index contributed by atoms with van der Waals surface area (Å²) in [6.45, 7) is 3.67.